The topological polar surface area (TPSA) is 76.1 Å². The zero-order chi connectivity index (χ0) is 24.9. The van der Waals surface area contributed by atoms with E-state index in [4.69, 9.17) is 14.6 Å². The smallest absolute Gasteiger partial charge is 0.344 e. The number of carbonyl (C=O) groups is 2. The SMILES string of the molecule is CC=Cc1ccccc1OC(C)C(=O)N1CCCC1.CC=Cc1ccccc1OC(C)C(=O)O. The van der Waals surface area contributed by atoms with Gasteiger partial charge in [-0.05, 0) is 52.7 Å². The fourth-order valence-corrected chi connectivity index (χ4v) is 3.49. The van der Waals surface area contributed by atoms with Gasteiger partial charge in [0.2, 0.25) is 0 Å². The third kappa shape index (κ3) is 8.10. The Morgan fingerprint density at radius 3 is 1.71 bits per heavy atom. The Hall–Kier alpha value is -3.54. The number of hydrogen-bond donors (Lipinski definition) is 1. The Kier molecular flexibility index (Phi) is 10.9. The van der Waals surface area contributed by atoms with Gasteiger partial charge in [0, 0.05) is 24.2 Å². The molecular formula is C28H35NO5. The van der Waals surface area contributed by atoms with Crippen molar-refractivity contribution in [1.29, 1.82) is 0 Å². The van der Waals surface area contributed by atoms with Crippen molar-refractivity contribution < 1.29 is 24.2 Å². The number of rotatable bonds is 8. The summed E-state index contributed by atoms with van der Waals surface area (Å²) in [5.41, 5.74) is 1.89. The van der Waals surface area contributed by atoms with Gasteiger partial charge in [-0.15, -0.1) is 0 Å². The first-order valence-electron chi connectivity index (χ1n) is 11.7. The van der Waals surface area contributed by atoms with Crippen LogP contribution in [0.1, 0.15) is 51.7 Å². The predicted molar refractivity (Wildman–Crippen MR) is 136 cm³/mol. The summed E-state index contributed by atoms with van der Waals surface area (Å²) in [5, 5.41) is 8.72. The largest absolute Gasteiger partial charge is 0.480 e. The second kappa shape index (κ2) is 13.9. The summed E-state index contributed by atoms with van der Waals surface area (Å²) < 4.78 is 11.1. The number of benzene rings is 2. The van der Waals surface area contributed by atoms with Crippen LogP contribution in [0.5, 0.6) is 11.5 Å². The highest BCUT2D eigenvalue weighted by Gasteiger charge is 2.24. The second-order valence-electron chi connectivity index (χ2n) is 7.97. The van der Waals surface area contributed by atoms with Crippen LogP contribution in [0.15, 0.2) is 60.7 Å². The molecule has 2 unspecified atom stereocenters. The molecule has 2 atom stereocenters. The van der Waals surface area contributed by atoms with E-state index >= 15 is 0 Å². The summed E-state index contributed by atoms with van der Waals surface area (Å²) in [7, 11) is 0. The predicted octanol–water partition coefficient (Wildman–Crippen LogP) is 5.68. The van der Waals surface area contributed by atoms with E-state index in [1.807, 2.05) is 92.4 Å². The van der Waals surface area contributed by atoms with E-state index in [1.54, 1.807) is 6.07 Å². The molecule has 1 fully saturated rings. The van der Waals surface area contributed by atoms with Crippen molar-refractivity contribution in [2.75, 3.05) is 13.1 Å². The van der Waals surface area contributed by atoms with Crippen LogP contribution in [0, 0.1) is 0 Å². The zero-order valence-electron chi connectivity index (χ0n) is 20.4. The summed E-state index contributed by atoms with van der Waals surface area (Å²) in [6.45, 7) is 8.93. The van der Waals surface area contributed by atoms with Gasteiger partial charge < -0.3 is 19.5 Å². The molecule has 6 heteroatoms. The number of nitrogens with zero attached hydrogens (tertiary/aromatic N) is 1. The van der Waals surface area contributed by atoms with Crippen LogP contribution in [0.2, 0.25) is 0 Å². The molecule has 3 rings (SSSR count). The molecular weight excluding hydrogens is 430 g/mol. The van der Waals surface area contributed by atoms with Gasteiger partial charge in [0.25, 0.3) is 5.91 Å². The minimum Gasteiger partial charge on any atom is -0.480 e. The summed E-state index contributed by atoms with van der Waals surface area (Å²) in [5.74, 6) is 0.476. The molecule has 1 aliphatic rings. The number of allylic oxidation sites excluding steroid dienone is 2. The molecule has 1 aliphatic heterocycles. The van der Waals surface area contributed by atoms with Crippen molar-refractivity contribution in [3.63, 3.8) is 0 Å². The summed E-state index contributed by atoms with van der Waals surface area (Å²) >= 11 is 0. The Morgan fingerprint density at radius 2 is 1.26 bits per heavy atom. The van der Waals surface area contributed by atoms with Gasteiger partial charge >= 0.3 is 5.97 Å². The van der Waals surface area contributed by atoms with Gasteiger partial charge in [-0.25, -0.2) is 4.79 Å². The first-order valence-corrected chi connectivity index (χ1v) is 11.7. The van der Waals surface area contributed by atoms with Gasteiger partial charge in [-0.1, -0.05) is 60.7 Å². The zero-order valence-corrected chi connectivity index (χ0v) is 20.4. The van der Waals surface area contributed by atoms with Crippen LogP contribution >= 0.6 is 0 Å². The summed E-state index contributed by atoms with van der Waals surface area (Å²) in [4.78, 5) is 24.7. The molecule has 0 spiro atoms. The lowest BCUT2D eigenvalue weighted by Gasteiger charge is -2.21. The van der Waals surface area contributed by atoms with Crippen LogP contribution in [-0.4, -0.2) is 47.2 Å². The molecule has 1 N–H and O–H groups in total. The molecule has 182 valence electrons. The van der Waals surface area contributed by atoms with Crippen molar-refractivity contribution in [2.45, 2.75) is 52.7 Å². The number of ether oxygens (including phenoxy) is 2. The highest BCUT2D eigenvalue weighted by atomic mass is 16.5. The third-order valence-corrected chi connectivity index (χ3v) is 5.25. The lowest BCUT2D eigenvalue weighted by atomic mass is 10.2. The number of carboxylic acid groups (broad SMARTS) is 1. The minimum atomic E-state index is -0.967. The monoisotopic (exact) mass is 465 g/mol. The number of aliphatic carboxylic acids is 1. The van der Waals surface area contributed by atoms with Gasteiger partial charge in [0.1, 0.15) is 11.5 Å². The van der Waals surface area contributed by atoms with E-state index in [9.17, 15) is 9.59 Å². The van der Waals surface area contributed by atoms with E-state index < -0.39 is 18.2 Å². The quantitative estimate of drug-likeness (QED) is 0.543. The lowest BCUT2D eigenvalue weighted by Crippen LogP contribution is -2.38. The van der Waals surface area contributed by atoms with Crippen LogP contribution in [0.25, 0.3) is 12.2 Å². The van der Waals surface area contributed by atoms with Crippen molar-refractivity contribution in [3.8, 4) is 11.5 Å². The van der Waals surface area contributed by atoms with Crippen molar-refractivity contribution >= 4 is 24.0 Å². The number of amides is 1. The number of carboxylic acids is 1. The van der Waals surface area contributed by atoms with E-state index in [-0.39, 0.29) is 5.91 Å². The first-order chi connectivity index (χ1) is 16.4. The van der Waals surface area contributed by atoms with Crippen molar-refractivity contribution in [3.05, 3.63) is 71.8 Å². The molecule has 1 saturated heterocycles. The van der Waals surface area contributed by atoms with E-state index in [0.29, 0.717) is 5.75 Å². The number of carbonyl (C=O) groups excluding carboxylic acids is 1. The third-order valence-electron chi connectivity index (χ3n) is 5.25. The van der Waals surface area contributed by atoms with Crippen LogP contribution in [0.3, 0.4) is 0 Å². The maximum Gasteiger partial charge on any atom is 0.344 e. The molecule has 6 nitrogen and oxygen atoms in total. The Morgan fingerprint density at radius 1 is 0.824 bits per heavy atom. The molecule has 1 amide bonds. The van der Waals surface area contributed by atoms with Gasteiger partial charge in [0.15, 0.2) is 12.2 Å². The van der Waals surface area contributed by atoms with Crippen LogP contribution < -0.4 is 9.47 Å². The van der Waals surface area contributed by atoms with Gasteiger partial charge in [0.05, 0.1) is 0 Å². The van der Waals surface area contributed by atoms with Crippen LogP contribution in [0.4, 0.5) is 0 Å². The number of hydrogen-bond acceptors (Lipinski definition) is 4. The Bertz CT molecular complexity index is 992. The maximum atomic E-state index is 12.2. The molecule has 2 aromatic carbocycles. The van der Waals surface area contributed by atoms with E-state index in [0.717, 1.165) is 42.8 Å². The standard InChI is InChI=1S/C16H21NO2.C12H14O3/c1-3-8-14-9-4-5-10-15(14)19-13(2)16(18)17-11-6-7-12-17;1-3-6-10-7-4-5-8-11(10)15-9(2)12(13)14/h3-5,8-10,13H,6-7,11-12H2,1-2H3;3-9H,1-2H3,(H,13,14). The van der Waals surface area contributed by atoms with E-state index in [2.05, 4.69) is 0 Å². The Balaban J connectivity index is 0.000000248. The van der Waals surface area contributed by atoms with E-state index in [1.165, 1.54) is 6.92 Å². The second-order valence-corrected chi connectivity index (χ2v) is 7.97. The van der Waals surface area contributed by atoms with Gasteiger partial charge in [-0.2, -0.15) is 0 Å². The number of likely N-dealkylation sites (tertiary alicyclic amines) is 1. The first kappa shape index (κ1) is 26.7. The molecule has 0 aliphatic carbocycles. The highest BCUT2D eigenvalue weighted by molar-refractivity contribution is 5.81. The fourth-order valence-electron chi connectivity index (χ4n) is 3.49. The van der Waals surface area contributed by atoms with Gasteiger partial charge in [-0.3, -0.25) is 4.79 Å². The molecule has 2 aromatic rings. The fraction of sp³-hybridized carbons (Fsp3) is 0.357. The average molecular weight is 466 g/mol. The molecule has 0 saturated carbocycles. The lowest BCUT2D eigenvalue weighted by molar-refractivity contribution is -0.144. The normalized spacial score (nSPS) is 15.0. The maximum absolute atomic E-state index is 12.2. The summed E-state index contributed by atoms with van der Waals surface area (Å²) in [6, 6.07) is 15.1. The molecule has 0 radical (unpaired) electrons. The number of para-hydroxylation sites is 2. The molecule has 0 aromatic heterocycles. The van der Waals surface area contributed by atoms with Crippen LogP contribution in [-0.2, 0) is 9.59 Å². The molecule has 1 heterocycles. The molecule has 34 heavy (non-hydrogen) atoms. The Labute approximate surface area is 202 Å². The van der Waals surface area contributed by atoms with Crippen molar-refractivity contribution in [1.82, 2.24) is 4.90 Å². The van der Waals surface area contributed by atoms with Crippen molar-refractivity contribution in [2.24, 2.45) is 0 Å². The molecule has 0 bridgehead atoms. The highest BCUT2D eigenvalue weighted by Crippen LogP contribution is 2.22. The summed E-state index contributed by atoms with van der Waals surface area (Å²) in [6.07, 6.45) is 8.66. The average Bonchev–Trinajstić information content (AvgIpc) is 3.37. The minimum absolute atomic E-state index is 0.0905.